The molecule has 0 amide bonds. The second-order valence-electron chi connectivity index (χ2n) is 4.61. The maximum absolute atomic E-state index is 11.8. The summed E-state index contributed by atoms with van der Waals surface area (Å²) in [6.45, 7) is 3.70. The number of hydrogen-bond acceptors (Lipinski definition) is 2. The molecule has 0 bridgehead atoms. The zero-order valence-corrected chi connectivity index (χ0v) is 10.1. The van der Waals surface area contributed by atoms with Crippen LogP contribution in [0.1, 0.15) is 12.0 Å². The minimum Gasteiger partial charge on any atom is -0.426 e. The molecule has 1 heterocycles. The van der Waals surface area contributed by atoms with E-state index in [0.717, 1.165) is 12.0 Å². The van der Waals surface area contributed by atoms with Gasteiger partial charge < -0.3 is 4.74 Å². The summed E-state index contributed by atoms with van der Waals surface area (Å²) in [5, 5.41) is 2.36. The molecule has 0 aliphatic carbocycles. The normalized spacial score (nSPS) is 18.2. The minimum absolute atomic E-state index is 0.0965. The smallest absolute Gasteiger partial charge is 0.314 e. The monoisotopic (exact) mass is 238 g/mol. The van der Waals surface area contributed by atoms with E-state index in [0.29, 0.717) is 12.2 Å². The Kier molecular flexibility index (Phi) is 2.63. The van der Waals surface area contributed by atoms with E-state index >= 15 is 0 Å². The molecular formula is C16H14O2. The van der Waals surface area contributed by atoms with Gasteiger partial charge >= 0.3 is 5.97 Å². The standard InChI is InChI=1S/C16H14O2/c1-2-5-12-10-14-13-7-4-3-6-11(13)8-9-15(14)18-16(12)17/h2-4,6-9,12H,1,5,10H2/t12-/m0/s1. The molecule has 2 aromatic carbocycles. The van der Waals surface area contributed by atoms with Crippen molar-refractivity contribution in [3.63, 3.8) is 0 Å². The average Bonchev–Trinajstić information content (AvgIpc) is 2.40. The first-order valence-electron chi connectivity index (χ1n) is 6.13. The number of allylic oxidation sites excluding steroid dienone is 1. The van der Waals surface area contributed by atoms with E-state index in [-0.39, 0.29) is 11.9 Å². The summed E-state index contributed by atoms with van der Waals surface area (Å²) in [5.74, 6) is 0.470. The summed E-state index contributed by atoms with van der Waals surface area (Å²) in [7, 11) is 0. The molecule has 1 atom stereocenters. The molecule has 0 unspecified atom stereocenters. The molecule has 0 spiro atoms. The molecule has 3 rings (SSSR count). The van der Waals surface area contributed by atoms with Crippen LogP contribution in [0.5, 0.6) is 5.75 Å². The van der Waals surface area contributed by atoms with Crippen molar-refractivity contribution < 1.29 is 9.53 Å². The predicted octanol–water partition coefficient (Wildman–Crippen LogP) is 3.49. The van der Waals surface area contributed by atoms with E-state index in [4.69, 9.17) is 4.74 Å². The Morgan fingerprint density at radius 1 is 1.28 bits per heavy atom. The van der Waals surface area contributed by atoms with Gasteiger partial charge in [-0.15, -0.1) is 6.58 Å². The first-order valence-corrected chi connectivity index (χ1v) is 6.13. The molecule has 2 aromatic rings. The van der Waals surface area contributed by atoms with E-state index in [2.05, 4.69) is 18.7 Å². The van der Waals surface area contributed by atoms with Crippen molar-refractivity contribution in [1.82, 2.24) is 0 Å². The number of fused-ring (bicyclic) bond motifs is 3. The summed E-state index contributed by atoms with van der Waals surface area (Å²) in [5.41, 5.74) is 1.14. The number of hydrogen-bond donors (Lipinski definition) is 0. The van der Waals surface area contributed by atoms with Crippen LogP contribution < -0.4 is 4.74 Å². The lowest BCUT2D eigenvalue weighted by Gasteiger charge is -2.23. The average molecular weight is 238 g/mol. The molecule has 2 nitrogen and oxygen atoms in total. The van der Waals surface area contributed by atoms with Crippen LogP contribution in [0, 0.1) is 5.92 Å². The van der Waals surface area contributed by atoms with Gasteiger partial charge in [-0.25, -0.2) is 0 Å². The van der Waals surface area contributed by atoms with Crippen molar-refractivity contribution in [2.45, 2.75) is 12.8 Å². The molecule has 0 N–H and O–H groups in total. The highest BCUT2D eigenvalue weighted by atomic mass is 16.5. The summed E-state index contributed by atoms with van der Waals surface area (Å²) in [6.07, 6.45) is 3.19. The van der Waals surface area contributed by atoms with Crippen LogP contribution in [0.2, 0.25) is 0 Å². The Labute approximate surface area is 106 Å². The zero-order valence-electron chi connectivity index (χ0n) is 10.1. The number of carbonyl (C=O) groups excluding carboxylic acids is 1. The third kappa shape index (κ3) is 1.70. The van der Waals surface area contributed by atoms with E-state index in [9.17, 15) is 4.79 Å². The van der Waals surface area contributed by atoms with Crippen molar-refractivity contribution in [3.8, 4) is 5.75 Å². The number of esters is 1. The number of ether oxygens (including phenoxy) is 1. The maximum atomic E-state index is 11.8. The van der Waals surface area contributed by atoms with Crippen LogP contribution in [0.25, 0.3) is 10.8 Å². The molecule has 0 radical (unpaired) electrons. The lowest BCUT2D eigenvalue weighted by atomic mass is 9.90. The summed E-state index contributed by atoms with van der Waals surface area (Å²) in [6, 6.07) is 12.1. The van der Waals surface area contributed by atoms with Gasteiger partial charge in [-0.05, 0) is 29.7 Å². The third-order valence-corrected chi connectivity index (χ3v) is 3.44. The first kappa shape index (κ1) is 11.0. The number of benzene rings is 2. The first-order chi connectivity index (χ1) is 8.79. The lowest BCUT2D eigenvalue weighted by Crippen LogP contribution is -2.27. The van der Waals surface area contributed by atoms with Crippen LogP contribution in [-0.4, -0.2) is 5.97 Å². The summed E-state index contributed by atoms with van der Waals surface area (Å²) >= 11 is 0. The largest absolute Gasteiger partial charge is 0.426 e. The lowest BCUT2D eigenvalue weighted by molar-refractivity contribution is -0.139. The van der Waals surface area contributed by atoms with Crippen molar-refractivity contribution in [1.29, 1.82) is 0 Å². The minimum atomic E-state index is -0.141. The van der Waals surface area contributed by atoms with Gasteiger partial charge in [-0.2, -0.15) is 0 Å². The SMILES string of the molecule is C=CC[C@H]1Cc2c(ccc3ccccc23)OC1=O. The van der Waals surface area contributed by atoms with Crippen LogP contribution in [0.15, 0.2) is 49.1 Å². The third-order valence-electron chi connectivity index (χ3n) is 3.44. The van der Waals surface area contributed by atoms with Crippen LogP contribution in [0.4, 0.5) is 0 Å². The molecule has 0 fully saturated rings. The van der Waals surface area contributed by atoms with Gasteiger partial charge in [0.2, 0.25) is 0 Å². The molecule has 0 aromatic heterocycles. The highest BCUT2D eigenvalue weighted by Crippen LogP contribution is 2.35. The Bertz CT molecular complexity index is 628. The van der Waals surface area contributed by atoms with Crippen molar-refractivity contribution in [2.75, 3.05) is 0 Å². The van der Waals surface area contributed by atoms with E-state index < -0.39 is 0 Å². The maximum Gasteiger partial charge on any atom is 0.314 e. The fourth-order valence-corrected chi connectivity index (χ4v) is 2.52. The number of rotatable bonds is 2. The molecule has 1 aliphatic rings. The fraction of sp³-hybridized carbons (Fsp3) is 0.188. The molecule has 0 saturated heterocycles. The number of carbonyl (C=O) groups is 1. The van der Waals surface area contributed by atoms with Crippen LogP contribution >= 0.6 is 0 Å². The van der Waals surface area contributed by atoms with Gasteiger partial charge in [0.15, 0.2) is 0 Å². The van der Waals surface area contributed by atoms with E-state index in [1.54, 1.807) is 6.08 Å². The van der Waals surface area contributed by atoms with Crippen LogP contribution in [0.3, 0.4) is 0 Å². The Morgan fingerprint density at radius 2 is 2.11 bits per heavy atom. The second kappa shape index (κ2) is 4.30. The molecule has 0 saturated carbocycles. The molecule has 2 heteroatoms. The van der Waals surface area contributed by atoms with E-state index in [1.165, 1.54) is 10.8 Å². The molecule has 1 aliphatic heterocycles. The van der Waals surface area contributed by atoms with Gasteiger partial charge in [0.1, 0.15) is 5.75 Å². The van der Waals surface area contributed by atoms with Crippen LogP contribution in [-0.2, 0) is 11.2 Å². The second-order valence-corrected chi connectivity index (χ2v) is 4.61. The van der Waals surface area contributed by atoms with Gasteiger partial charge in [-0.3, -0.25) is 4.79 Å². The Morgan fingerprint density at radius 3 is 2.94 bits per heavy atom. The predicted molar refractivity (Wildman–Crippen MR) is 71.6 cm³/mol. The zero-order chi connectivity index (χ0) is 12.5. The highest BCUT2D eigenvalue weighted by Gasteiger charge is 2.28. The highest BCUT2D eigenvalue weighted by molar-refractivity contribution is 5.91. The summed E-state index contributed by atoms with van der Waals surface area (Å²) in [4.78, 5) is 11.8. The Hall–Kier alpha value is -2.09. The van der Waals surface area contributed by atoms with Crippen molar-refractivity contribution in [2.24, 2.45) is 5.92 Å². The van der Waals surface area contributed by atoms with Crippen molar-refractivity contribution in [3.05, 3.63) is 54.6 Å². The molecular weight excluding hydrogens is 224 g/mol. The molecule has 18 heavy (non-hydrogen) atoms. The topological polar surface area (TPSA) is 26.3 Å². The molecule has 90 valence electrons. The van der Waals surface area contributed by atoms with Gasteiger partial charge in [0.25, 0.3) is 0 Å². The summed E-state index contributed by atoms with van der Waals surface area (Å²) < 4.78 is 5.42. The fourth-order valence-electron chi connectivity index (χ4n) is 2.52. The quantitative estimate of drug-likeness (QED) is 0.455. The van der Waals surface area contributed by atoms with Gasteiger partial charge in [-0.1, -0.05) is 36.4 Å². The Balaban J connectivity index is 2.13. The van der Waals surface area contributed by atoms with Gasteiger partial charge in [0, 0.05) is 5.56 Å². The van der Waals surface area contributed by atoms with Crippen molar-refractivity contribution >= 4 is 16.7 Å². The van der Waals surface area contributed by atoms with E-state index in [1.807, 2.05) is 24.3 Å². The van der Waals surface area contributed by atoms with Gasteiger partial charge in [0.05, 0.1) is 5.92 Å².